The smallest absolute Gasteiger partial charge is 0.222 e. The average molecular weight is 282 g/mol. The first-order valence-corrected chi connectivity index (χ1v) is 8.52. The zero-order valence-corrected chi connectivity index (χ0v) is 13.8. The van der Waals surface area contributed by atoms with Crippen LogP contribution in [0.4, 0.5) is 0 Å². The second kappa shape index (κ2) is 8.66. The van der Waals surface area contributed by atoms with Crippen LogP contribution in [0.3, 0.4) is 0 Å². The first kappa shape index (κ1) is 17.5. The lowest BCUT2D eigenvalue weighted by Gasteiger charge is -2.39. The van der Waals surface area contributed by atoms with Crippen LogP contribution < -0.4 is 5.73 Å². The van der Waals surface area contributed by atoms with Crippen molar-refractivity contribution in [2.45, 2.75) is 72.1 Å². The predicted octanol–water partition coefficient (Wildman–Crippen LogP) is 3.57. The Labute approximate surface area is 125 Å². The fourth-order valence-electron chi connectivity index (χ4n) is 3.21. The van der Waals surface area contributed by atoms with Gasteiger partial charge >= 0.3 is 0 Å². The molecular formula is C17H34N2O. The number of likely N-dealkylation sites (tertiary alicyclic amines) is 1. The van der Waals surface area contributed by atoms with E-state index in [2.05, 4.69) is 25.7 Å². The molecule has 1 rings (SSSR count). The molecule has 0 aromatic carbocycles. The third-order valence-electron chi connectivity index (χ3n) is 5.22. The summed E-state index contributed by atoms with van der Waals surface area (Å²) in [5.74, 6) is 1.00. The van der Waals surface area contributed by atoms with Gasteiger partial charge in [0.2, 0.25) is 5.91 Å². The molecular weight excluding hydrogens is 248 g/mol. The van der Waals surface area contributed by atoms with Crippen molar-refractivity contribution in [3.63, 3.8) is 0 Å². The zero-order chi connectivity index (χ0) is 15.0. The van der Waals surface area contributed by atoms with E-state index in [9.17, 15) is 4.79 Å². The third-order valence-corrected chi connectivity index (χ3v) is 5.22. The molecule has 3 nitrogen and oxygen atoms in total. The van der Waals surface area contributed by atoms with Crippen molar-refractivity contribution in [2.75, 3.05) is 19.6 Å². The van der Waals surface area contributed by atoms with Crippen molar-refractivity contribution >= 4 is 5.91 Å². The van der Waals surface area contributed by atoms with E-state index in [0.29, 0.717) is 23.7 Å². The summed E-state index contributed by atoms with van der Waals surface area (Å²) in [6.07, 6.45) is 8.75. The maximum absolute atomic E-state index is 12.3. The van der Waals surface area contributed by atoms with E-state index in [1.807, 2.05) is 0 Å². The second-order valence-electron chi connectivity index (χ2n) is 6.82. The fourth-order valence-corrected chi connectivity index (χ4v) is 3.21. The molecule has 0 spiro atoms. The number of carbonyl (C=O) groups is 1. The van der Waals surface area contributed by atoms with Gasteiger partial charge in [-0.2, -0.15) is 0 Å². The highest BCUT2D eigenvalue weighted by Gasteiger charge is 2.30. The van der Waals surface area contributed by atoms with E-state index in [1.54, 1.807) is 0 Å². The normalized spacial score (nSPS) is 19.9. The fraction of sp³-hybridized carbons (Fsp3) is 0.941. The van der Waals surface area contributed by atoms with Gasteiger partial charge in [-0.05, 0) is 43.6 Å². The minimum atomic E-state index is 0.362. The zero-order valence-electron chi connectivity index (χ0n) is 13.8. The van der Waals surface area contributed by atoms with Crippen molar-refractivity contribution in [2.24, 2.45) is 17.1 Å². The number of carbonyl (C=O) groups excluding carboxylic acids is 1. The molecule has 1 saturated heterocycles. The largest absolute Gasteiger partial charge is 0.343 e. The monoisotopic (exact) mass is 282 g/mol. The first-order chi connectivity index (χ1) is 9.54. The summed E-state index contributed by atoms with van der Waals surface area (Å²) in [5, 5.41) is 0. The van der Waals surface area contributed by atoms with E-state index in [0.717, 1.165) is 45.3 Å². The minimum Gasteiger partial charge on any atom is -0.343 e. The molecule has 1 aliphatic rings. The number of hydrogen-bond donors (Lipinski definition) is 1. The summed E-state index contributed by atoms with van der Waals surface area (Å²) in [7, 11) is 0. The van der Waals surface area contributed by atoms with E-state index < -0.39 is 0 Å². The Morgan fingerprint density at radius 3 is 2.35 bits per heavy atom. The van der Waals surface area contributed by atoms with Gasteiger partial charge in [0, 0.05) is 19.5 Å². The molecule has 3 heteroatoms. The summed E-state index contributed by atoms with van der Waals surface area (Å²) in [5.41, 5.74) is 6.12. The second-order valence-corrected chi connectivity index (χ2v) is 6.82. The highest BCUT2D eigenvalue weighted by Crippen LogP contribution is 2.34. The molecule has 0 bridgehead atoms. The molecule has 1 atom stereocenters. The summed E-state index contributed by atoms with van der Waals surface area (Å²) in [6.45, 7) is 9.49. The highest BCUT2D eigenvalue weighted by molar-refractivity contribution is 5.76. The lowest BCUT2D eigenvalue weighted by molar-refractivity contribution is -0.133. The maximum atomic E-state index is 12.3. The minimum absolute atomic E-state index is 0.362. The van der Waals surface area contributed by atoms with Gasteiger partial charge < -0.3 is 10.6 Å². The van der Waals surface area contributed by atoms with E-state index >= 15 is 0 Å². The molecule has 2 N–H and O–H groups in total. The van der Waals surface area contributed by atoms with Crippen molar-refractivity contribution in [1.82, 2.24) is 4.90 Å². The van der Waals surface area contributed by atoms with Gasteiger partial charge in [0.1, 0.15) is 0 Å². The summed E-state index contributed by atoms with van der Waals surface area (Å²) in [6, 6.07) is 0. The molecule has 0 radical (unpaired) electrons. The van der Waals surface area contributed by atoms with E-state index in [1.165, 1.54) is 19.3 Å². The topological polar surface area (TPSA) is 46.3 Å². The van der Waals surface area contributed by atoms with Crippen LogP contribution >= 0.6 is 0 Å². The van der Waals surface area contributed by atoms with Crippen LogP contribution in [0, 0.1) is 11.3 Å². The van der Waals surface area contributed by atoms with Gasteiger partial charge in [-0.25, -0.2) is 0 Å². The standard InChI is InChI=1S/C17H34N2O/c1-4-6-15(9-12-18)7-8-16(20)19-13-10-17(3,5-2)11-14-19/h15H,4-14,18H2,1-3H3. The van der Waals surface area contributed by atoms with Gasteiger partial charge in [0.05, 0.1) is 0 Å². The number of nitrogens with two attached hydrogens (primary N) is 1. The quantitative estimate of drug-likeness (QED) is 0.740. The van der Waals surface area contributed by atoms with Crippen LogP contribution in [-0.2, 0) is 4.79 Å². The molecule has 1 amide bonds. The first-order valence-electron chi connectivity index (χ1n) is 8.52. The third kappa shape index (κ3) is 5.43. The van der Waals surface area contributed by atoms with E-state index in [4.69, 9.17) is 5.73 Å². The number of nitrogens with zero attached hydrogens (tertiary/aromatic N) is 1. The number of piperidine rings is 1. The van der Waals surface area contributed by atoms with Crippen LogP contribution in [0.5, 0.6) is 0 Å². The SMILES string of the molecule is CCCC(CCN)CCC(=O)N1CCC(C)(CC)CC1. The van der Waals surface area contributed by atoms with Crippen molar-refractivity contribution in [1.29, 1.82) is 0 Å². The number of rotatable bonds is 8. The molecule has 1 aliphatic heterocycles. The summed E-state index contributed by atoms with van der Waals surface area (Å²) < 4.78 is 0. The van der Waals surface area contributed by atoms with E-state index in [-0.39, 0.29) is 0 Å². The molecule has 0 saturated carbocycles. The Kier molecular flexibility index (Phi) is 7.57. The Balaban J connectivity index is 2.32. The van der Waals surface area contributed by atoms with Crippen LogP contribution in [0.2, 0.25) is 0 Å². The summed E-state index contributed by atoms with van der Waals surface area (Å²) >= 11 is 0. The van der Waals surface area contributed by atoms with Gasteiger partial charge in [-0.1, -0.05) is 40.0 Å². The lowest BCUT2D eigenvalue weighted by Crippen LogP contribution is -2.42. The number of amides is 1. The van der Waals surface area contributed by atoms with Gasteiger partial charge in [0.25, 0.3) is 0 Å². The van der Waals surface area contributed by atoms with Crippen LogP contribution in [0.1, 0.15) is 72.1 Å². The Morgan fingerprint density at radius 2 is 1.85 bits per heavy atom. The highest BCUT2D eigenvalue weighted by atomic mass is 16.2. The van der Waals surface area contributed by atoms with Crippen molar-refractivity contribution < 1.29 is 4.79 Å². The molecule has 0 aromatic heterocycles. The molecule has 0 aliphatic carbocycles. The number of hydrogen-bond acceptors (Lipinski definition) is 2. The molecule has 20 heavy (non-hydrogen) atoms. The Hall–Kier alpha value is -0.570. The van der Waals surface area contributed by atoms with Gasteiger partial charge in [-0.15, -0.1) is 0 Å². The van der Waals surface area contributed by atoms with Crippen LogP contribution in [0.15, 0.2) is 0 Å². The van der Waals surface area contributed by atoms with Crippen molar-refractivity contribution in [3.8, 4) is 0 Å². The molecule has 118 valence electrons. The van der Waals surface area contributed by atoms with Crippen LogP contribution in [-0.4, -0.2) is 30.4 Å². The predicted molar refractivity (Wildman–Crippen MR) is 85.5 cm³/mol. The molecule has 1 heterocycles. The lowest BCUT2D eigenvalue weighted by atomic mass is 9.78. The summed E-state index contributed by atoms with van der Waals surface area (Å²) in [4.78, 5) is 14.4. The Bertz CT molecular complexity index is 277. The average Bonchev–Trinajstić information content (AvgIpc) is 2.46. The Morgan fingerprint density at radius 1 is 1.20 bits per heavy atom. The molecule has 1 fully saturated rings. The molecule has 0 aromatic rings. The van der Waals surface area contributed by atoms with Crippen molar-refractivity contribution in [3.05, 3.63) is 0 Å². The maximum Gasteiger partial charge on any atom is 0.222 e. The van der Waals surface area contributed by atoms with Gasteiger partial charge in [0.15, 0.2) is 0 Å². The molecule has 1 unspecified atom stereocenters. The van der Waals surface area contributed by atoms with Gasteiger partial charge in [-0.3, -0.25) is 4.79 Å². The van der Waals surface area contributed by atoms with Crippen LogP contribution in [0.25, 0.3) is 0 Å².